The summed E-state index contributed by atoms with van der Waals surface area (Å²) in [6.07, 6.45) is 5.18. The predicted octanol–water partition coefficient (Wildman–Crippen LogP) is 3.47. The molecule has 0 aliphatic heterocycles. The summed E-state index contributed by atoms with van der Waals surface area (Å²) in [5.41, 5.74) is 9.82. The summed E-state index contributed by atoms with van der Waals surface area (Å²) in [5, 5.41) is 15.5. The topological polar surface area (TPSA) is 114 Å². The van der Waals surface area contributed by atoms with Crippen molar-refractivity contribution >= 4 is 11.7 Å². The van der Waals surface area contributed by atoms with E-state index < -0.39 is 0 Å². The average Bonchev–Trinajstić information content (AvgIpc) is 3.68. The lowest BCUT2D eigenvalue weighted by Crippen LogP contribution is -2.35. The number of benzene rings is 2. The van der Waals surface area contributed by atoms with Crippen LogP contribution >= 0.6 is 0 Å². The number of aliphatic hydroxyl groups is 1. The minimum Gasteiger partial charge on any atom is -0.392 e. The minimum absolute atomic E-state index is 0.115. The van der Waals surface area contributed by atoms with Gasteiger partial charge in [-0.15, -0.1) is 0 Å². The zero-order valence-corrected chi connectivity index (χ0v) is 18.5. The molecule has 31 heavy (non-hydrogen) atoms. The molecular formula is C25H34N4O2. The van der Waals surface area contributed by atoms with E-state index in [9.17, 15) is 4.79 Å². The maximum absolute atomic E-state index is 11.9. The number of carbonyl (C=O) groups excluding carboxylic acids is 1. The monoisotopic (exact) mass is 422 g/mol. The number of hydrogen-bond acceptors (Lipinski definition) is 4. The molecule has 0 heterocycles. The van der Waals surface area contributed by atoms with Gasteiger partial charge in [0.25, 0.3) is 0 Å². The first kappa shape index (κ1) is 22.8. The van der Waals surface area contributed by atoms with Gasteiger partial charge in [0.05, 0.1) is 12.1 Å². The molecule has 0 unspecified atom stereocenters. The molecule has 0 saturated heterocycles. The highest BCUT2D eigenvalue weighted by molar-refractivity contribution is 5.97. The first-order valence-corrected chi connectivity index (χ1v) is 11.0. The van der Waals surface area contributed by atoms with E-state index in [0.717, 1.165) is 35.4 Å². The van der Waals surface area contributed by atoms with E-state index in [1.807, 2.05) is 50.2 Å². The lowest BCUT2D eigenvalue weighted by Gasteiger charge is -2.19. The van der Waals surface area contributed by atoms with Gasteiger partial charge in [-0.3, -0.25) is 4.79 Å². The number of hydrazone groups is 1. The lowest BCUT2D eigenvalue weighted by molar-refractivity contribution is -0.122. The van der Waals surface area contributed by atoms with E-state index in [-0.39, 0.29) is 18.1 Å². The molecule has 0 atom stereocenters. The molecule has 2 aliphatic rings. The molecule has 6 heteroatoms. The van der Waals surface area contributed by atoms with Crippen molar-refractivity contribution in [3.05, 3.63) is 70.8 Å². The number of aliphatic hydroxyl groups excluding tert-OH is 1. The smallest absolute Gasteiger partial charge is 0.220 e. The van der Waals surface area contributed by atoms with Crippen LogP contribution in [0, 0.1) is 5.92 Å². The summed E-state index contributed by atoms with van der Waals surface area (Å²) in [5.74, 6) is 6.75. The molecule has 166 valence electrons. The number of nitrogens with zero attached hydrogens (tertiary/aromatic N) is 1. The Hall–Kier alpha value is -2.86. The normalized spacial score (nSPS) is 17.0. The third-order valence-electron chi connectivity index (χ3n) is 5.78. The van der Waals surface area contributed by atoms with E-state index in [0.29, 0.717) is 18.2 Å². The van der Waals surface area contributed by atoms with Gasteiger partial charge in [0.2, 0.25) is 5.91 Å². The van der Waals surface area contributed by atoms with E-state index in [1.165, 1.54) is 18.4 Å². The Bertz CT molecular complexity index is 913. The number of amidine groups is 1. The Morgan fingerprint density at radius 1 is 1.19 bits per heavy atom. The van der Waals surface area contributed by atoms with Gasteiger partial charge in [-0.2, -0.15) is 5.10 Å². The van der Waals surface area contributed by atoms with Crippen LogP contribution in [-0.2, 0) is 16.9 Å². The molecule has 2 fully saturated rings. The van der Waals surface area contributed by atoms with Crippen LogP contribution < -0.4 is 16.9 Å². The number of rotatable bonds is 7. The first-order valence-electron chi connectivity index (χ1n) is 11.0. The van der Waals surface area contributed by atoms with Crippen LogP contribution in [0.5, 0.6) is 0 Å². The van der Waals surface area contributed by atoms with Gasteiger partial charge in [-0.05, 0) is 54.2 Å². The predicted molar refractivity (Wildman–Crippen MR) is 124 cm³/mol. The first-order chi connectivity index (χ1) is 14.9. The van der Waals surface area contributed by atoms with Crippen molar-refractivity contribution in [2.45, 2.75) is 64.0 Å². The average molecular weight is 423 g/mol. The second-order valence-corrected chi connectivity index (χ2v) is 9.00. The molecule has 4 rings (SSSR count). The SMILES string of the molecule is CC(C)CC(=O)NC1(c2ccc(/C(N)=N/N)cc2)CC1.OCc1cccc(C2CC2)c1. The Labute approximate surface area is 184 Å². The van der Waals surface area contributed by atoms with Gasteiger partial charge in [0, 0.05) is 12.0 Å². The fourth-order valence-corrected chi connectivity index (χ4v) is 3.70. The van der Waals surface area contributed by atoms with Crippen molar-refractivity contribution in [2.24, 2.45) is 22.6 Å². The number of hydrogen-bond donors (Lipinski definition) is 4. The van der Waals surface area contributed by atoms with Crippen molar-refractivity contribution in [3.63, 3.8) is 0 Å². The van der Waals surface area contributed by atoms with Crippen molar-refractivity contribution in [2.75, 3.05) is 0 Å². The van der Waals surface area contributed by atoms with Crippen molar-refractivity contribution in [3.8, 4) is 0 Å². The molecule has 6 nitrogen and oxygen atoms in total. The maximum atomic E-state index is 11.9. The van der Waals surface area contributed by atoms with E-state index >= 15 is 0 Å². The fraction of sp³-hybridized carbons (Fsp3) is 0.440. The molecule has 0 spiro atoms. The molecule has 2 saturated carbocycles. The molecule has 2 aliphatic carbocycles. The van der Waals surface area contributed by atoms with E-state index in [2.05, 4.69) is 22.6 Å². The van der Waals surface area contributed by atoms with Gasteiger partial charge in [-0.1, -0.05) is 62.4 Å². The minimum atomic E-state index is -0.181. The van der Waals surface area contributed by atoms with Gasteiger partial charge in [0.1, 0.15) is 5.84 Å². The highest BCUT2D eigenvalue weighted by atomic mass is 16.3. The molecule has 0 radical (unpaired) electrons. The standard InChI is InChI=1S/C15H22N4O.C10H12O/c1-10(2)9-13(20)18-15(7-8-15)12-5-3-11(4-6-12)14(16)19-17;11-7-8-2-1-3-10(6-8)9-4-5-9/h3-6,10H,7-9,17H2,1-2H3,(H2,16,19)(H,18,20);1-3,6,9,11H,4-5,7H2. The number of carbonyl (C=O) groups is 1. The summed E-state index contributed by atoms with van der Waals surface area (Å²) in [7, 11) is 0. The van der Waals surface area contributed by atoms with Crippen LogP contribution in [-0.4, -0.2) is 16.8 Å². The van der Waals surface area contributed by atoms with E-state index in [4.69, 9.17) is 16.7 Å². The molecule has 2 aromatic carbocycles. The molecule has 0 bridgehead atoms. The second kappa shape index (κ2) is 9.96. The summed E-state index contributed by atoms with van der Waals surface area (Å²) in [6.45, 7) is 4.26. The van der Waals surface area contributed by atoms with Crippen LogP contribution in [0.2, 0.25) is 0 Å². The number of nitrogens with two attached hydrogens (primary N) is 2. The Morgan fingerprint density at radius 3 is 2.39 bits per heavy atom. The second-order valence-electron chi connectivity index (χ2n) is 9.00. The zero-order valence-electron chi connectivity index (χ0n) is 18.5. The quantitative estimate of drug-likeness (QED) is 0.237. The highest BCUT2D eigenvalue weighted by Crippen LogP contribution is 2.45. The molecule has 6 N–H and O–H groups in total. The third kappa shape index (κ3) is 6.31. The zero-order chi connectivity index (χ0) is 22.4. The van der Waals surface area contributed by atoms with Crippen LogP contribution in [0.25, 0.3) is 0 Å². The van der Waals surface area contributed by atoms with Crippen LogP contribution in [0.4, 0.5) is 0 Å². The highest BCUT2D eigenvalue weighted by Gasteiger charge is 2.45. The molecule has 2 aromatic rings. The molecule has 0 aromatic heterocycles. The summed E-state index contributed by atoms with van der Waals surface area (Å²) in [6, 6.07) is 16.0. The summed E-state index contributed by atoms with van der Waals surface area (Å²) >= 11 is 0. The molecular weight excluding hydrogens is 388 g/mol. The van der Waals surface area contributed by atoms with Gasteiger partial charge < -0.3 is 22.0 Å². The fourth-order valence-electron chi connectivity index (χ4n) is 3.70. The van der Waals surface area contributed by atoms with Crippen LogP contribution in [0.15, 0.2) is 53.6 Å². The van der Waals surface area contributed by atoms with Crippen LogP contribution in [0.3, 0.4) is 0 Å². The third-order valence-corrected chi connectivity index (χ3v) is 5.78. The largest absolute Gasteiger partial charge is 0.392 e. The number of amides is 1. The Balaban J connectivity index is 0.000000207. The molecule has 1 amide bonds. The van der Waals surface area contributed by atoms with E-state index in [1.54, 1.807) is 0 Å². The van der Waals surface area contributed by atoms with Gasteiger partial charge >= 0.3 is 0 Å². The lowest BCUT2D eigenvalue weighted by atomic mass is 10.0. The Kier molecular flexibility index (Phi) is 7.33. The van der Waals surface area contributed by atoms with Crippen LogP contribution in [0.1, 0.15) is 74.1 Å². The Morgan fingerprint density at radius 2 is 1.87 bits per heavy atom. The van der Waals surface area contributed by atoms with Crippen molar-refractivity contribution < 1.29 is 9.90 Å². The van der Waals surface area contributed by atoms with Gasteiger partial charge in [0.15, 0.2) is 0 Å². The van der Waals surface area contributed by atoms with Crippen molar-refractivity contribution in [1.29, 1.82) is 0 Å². The summed E-state index contributed by atoms with van der Waals surface area (Å²) < 4.78 is 0. The number of nitrogens with one attached hydrogen (secondary N) is 1. The van der Waals surface area contributed by atoms with Gasteiger partial charge in [-0.25, -0.2) is 0 Å². The van der Waals surface area contributed by atoms with Crippen molar-refractivity contribution in [1.82, 2.24) is 5.32 Å². The summed E-state index contributed by atoms with van der Waals surface area (Å²) in [4.78, 5) is 11.9. The maximum Gasteiger partial charge on any atom is 0.220 e.